The van der Waals surface area contributed by atoms with E-state index in [0.717, 1.165) is 65.9 Å². The number of H-pyrrole nitrogens is 1. The molecule has 2 heterocycles. The van der Waals surface area contributed by atoms with Crippen molar-refractivity contribution >= 4 is 11.6 Å². The zero-order chi connectivity index (χ0) is 31.1. The highest BCUT2D eigenvalue weighted by molar-refractivity contribution is 5.99. The molecule has 1 amide bonds. The van der Waals surface area contributed by atoms with Gasteiger partial charge in [0.1, 0.15) is 6.61 Å². The molecule has 0 aliphatic heterocycles. The van der Waals surface area contributed by atoms with Gasteiger partial charge in [-0.25, -0.2) is 4.98 Å². The summed E-state index contributed by atoms with van der Waals surface area (Å²) in [6.45, 7) is 9.86. The topological polar surface area (TPSA) is 99.8 Å². The van der Waals surface area contributed by atoms with Gasteiger partial charge in [0.25, 0.3) is 11.5 Å². The quantitative estimate of drug-likeness (QED) is 0.286. The van der Waals surface area contributed by atoms with Gasteiger partial charge < -0.3 is 29.6 Å². The van der Waals surface area contributed by atoms with Crippen LogP contribution in [0.5, 0.6) is 5.88 Å². The number of aryl methyl sites for hydroxylation is 2. The zero-order valence-electron chi connectivity index (χ0n) is 26.8. The van der Waals surface area contributed by atoms with Crippen molar-refractivity contribution < 1.29 is 14.3 Å². The summed E-state index contributed by atoms with van der Waals surface area (Å²) in [4.78, 5) is 38.5. The summed E-state index contributed by atoms with van der Waals surface area (Å²) >= 11 is 0. The van der Waals surface area contributed by atoms with Gasteiger partial charge in [0, 0.05) is 72.6 Å². The van der Waals surface area contributed by atoms with E-state index in [1.54, 1.807) is 13.3 Å². The largest absolute Gasteiger partial charge is 0.475 e. The number of hydrogen-bond donors (Lipinski definition) is 2. The number of hydrogen-bond acceptors (Lipinski definition) is 7. The van der Waals surface area contributed by atoms with Crippen molar-refractivity contribution in [2.45, 2.75) is 72.0 Å². The highest BCUT2D eigenvalue weighted by Crippen LogP contribution is 2.35. The van der Waals surface area contributed by atoms with Gasteiger partial charge in [0.05, 0.1) is 6.61 Å². The van der Waals surface area contributed by atoms with Crippen LogP contribution in [-0.4, -0.2) is 73.8 Å². The van der Waals surface area contributed by atoms with Crippen molar-refractivity contribution in [1.29, 1.82) is 0 Å². The summed E-state index contributed by atoms with van der Waals surface area (Å²) in [7, 11) is 5.96. The van der Waals surface area contributed by atoms with Crippen LogP contribution in [0.4, 0.5) is 5.69 Å². The number of aromatic amines is 1. The van der Waals surface area contributed by atoms with Gasteiger partial charge in [-0.05, 0) is 108 Å². The van der Waals surface area contributed by atoms with E-state index in [1.807, 2.05) is 45.0 Å². The first-order valence-corrected chi connectivity index (χ1v) is 15.3. The van der Waals surface area contributed by atoms with Gasteiger partial charge in [-0.3, -0.25) is 9.59 Å². The molecule has 43 heavy (non-hydrogen) atoms. The Hall–Kier alpha value is -3.69. The number of pyridine rings is 2. The number of nitrogens with zero attached hydrogens (tertiary/aromatic N) is 3. The molecule has 1 aromatic carbocycles. The molecular weight excluding hydrogens is 542 g/mol. The van der Waals surface area contributed by atoms with Crippen molar-refractivity contribution in [1.82, 2.24) is 20.2 Å². The Labute approximate surface area is 255 Å². The van der Waals surface area contributed by atoms with E-state index in [0.29, 0.717) is 42.3 Å². The molecule has 232 valence electrons. The average molecular weight is 590 g/mol. The maximum Gasteiger partial charge on any atom is 0.253 e. The number of rotatable bonds is 12. The molecule has 9 heteroatoms. The number of carbonyl (C=O) groups is 1. The van der Waals surface area contributed by atoms with Gasteiger partial charge in [-0.2, -0.15) is 0 Å². The fraction of sp³-hybridized carbons (Fsp3) is 0.500. The van der Waals surface area contributed by atoms with Crippen LogP contribution < -0.4 is 20.5 Å². The third-order valence-electron chi connectivity index (χ3n) is 8.64. The number of aromatic nitrogens is 2. The van der Waals surface area contributed by atoms with Crippen molar-refractivity contribution in [3.8, 4) is 17.0 Å². The molecular formula is C34H47N5O4. The molecule has 1 saturated carbocycles. The summed E-state index contributed by atoms with van der Waals surface area (Å²) < 4.78 is 10.7. The summed E-state index contributed by atoms with van der Waals surface area (Å²) in [6.07, 6.45) is 6.29. The molecule has 3 aromatic rings. The number of ether oxygens (including phenoxy) is 2. The second-order valence-electron chi connectivity index (χ2n) is 11.7. The maximum atomic E-state index is 13.8. The lowest BCUT2D eigenvalue weighted by Gasteiger charge is -2.40. The predicted molar refractivity (Wildman–Crippen MR) is 172 cm³/mol. The summed E-state index contributed by atoms with van der Waals surface area (Å²) in [6, 6.07) is 10.9. The number of anilines is 1. The fourth-order valence-corrected chi connectivity index (χ4v) is 6.14. The molecule has 0 radical (unpaired) electrons. The van der Waals surface area contributed by atoms with Crippen molar-refractivity contribution in [2.24, 2.45) is 0 Å². The molecule has 4 rings (SSSR count). The van der Waals surface area contributed by atoms with E-state index in [9.17, 15) is 9.59 Å². The maximum absolute atomic E-state index is 13.8. The standard InChI is InChI=1S/C34H47N5O4/c1-8-39(28-12-10-27(11-13-28)38(5)6)31-19-26(25-9-14-32(35-20-25)43-16-15-42-7)18-29(24(31)4)33(40)36-21-30-22(2)17-23(3)37-34(30)41/h9,14,17-20,27-28H,8,10-13,15-16,21H2,1-7H3,(H,36,40)(H,37,41). The molecule has 1 fully saturated rings. The molecule has 0 atom stereocenters. The molecule has 0 spiro atoms. The Balaban J connectivity index is 1.68. The lowest BCUT2D eigenvalue weighted by atomic mass is 9.88. The minimum atomic E-state index is -0.208. The third-order valence-corrected chi connectivity index (χ3v) is 8.64. The Kier molecular flexibility index (Phi) is 11.0. The molecule has 1 aliphatic rings. The first-order valence-electron chi connectivity index (χ1n) is 15.3. The molecule has 2 N–H and O–H groups in total. The SMILES string of the molecule is CCN(c1cc(-c2ccc(OCCOC)nc2)cc(C(=O)NCc2c(C)cc(C)[nH]c2=O)c1C)C1CCC(N(C)C)CC1. The first kappa shape index (κ1) is 32.2. The normalized spacial score (nSPS) is 16.7. The molecule has 9 nitrogen and oxygen atoms in total. The first-order chi connectivity index (χ1) is 20.6. The molecule has 1 aliphatic carbocycles. The number of carbonyl (C=O) groups excluding carboxylic acids is 1. The third kappa shape index (κ3) is 7.83. The lowest BCUT2D eigenvalue weighted by molar-refractivity contribution is 0.0950. The van der Waals surface area contributed by atoms with Crippen LogP contribution in [0.25, 0.3) is 11.1 Å². The summed E-state index contributed by atoms with van der Waals surface area (Å²) in [5.74, 6) is 0.317. The van der Waals surface area contributed by atoms with Gasteiger partial charge in [-0.1, -0.05) is 0 Å². The van der Waals surface area contributed by atoms with Crippen LogP contribution in [0.2, 0.25) is 0 Å². The number of benzene rings is 1. The second kappa shape index (κ2) is 14.7. The summed E-state index contributed by atoms with van der Waals surface area (Å²) in [5, 5.41) is 3.03. The molecule has 0 saturated heterocycles. The van der Waals surface area contributed by atoms with E-state index in [4.69, 9.17) is 9.47 Å². The minimum Gasteiger partial charge on any atom is -0.475 e. The van der Waals surface area contributed by atoms with Crippen LogP contribution in [-0.2, 0) is 11.3 Å². The van der Waals surface area contributed by atoms with Crippen molar-refractivity contribution in [3.05, 3.63) is 74.8 Å². The average Bonchev–Trinajstić information content (AvgIpc) is 2.98. The van der Waals surface area contributed by atoms with Crippen LogP contribution in [0.15, 0.2) is 41.3 Å². The van der Waals surface area contributed by atoms with E-state index in [-0.39, 0.29) is 18.0 Å². The van der Waals surface area contributed by atoms with E-state index in [1.165, 1.54) is 0 Å². The predicted octanol–water partition coefficient (Wildman–Crippen LogP) is 5.02. The second-order valence-corrected chi connectivity index (χ2v) is 11.7. The van der Waals surface area contributed by atoms with Gasteiger partial charge in [-0.15, -0.1) is 0 Å². The highest BCUT2D eigenvalue weighted by Gasteiger charge is 2.28. The van der Waals surface area contributed by atoms with E-state index < -0.39 is 0 Å². The van der Waals surface area contributed by atoms with Gasteiger partial charge >= 0.3 is 0 Å². The Morgan fingerprint density at radius 1 is 1.02 bits per heavy atom. The Bertz CT molecular complexity index is 1440. The minimum absolute atomic E-state index is 0.153. The van der Waals surface area contributed by atoms with Crippen molar-refractivity contribution in [3.63, 3.8) is 0 Å². The van der Waals surface area contributed by atoms with Crippen LogP contribution >= 0.6 is 0 Å². The molecule has 0 unspecified atom stereocenters. The molecule has 0 bridgehead atoms. The van der Waals surface area contributed by atoms with Gasteiger partial charge in [0.2, 0.25) is 5.88 Å². The van der Waals surface area contributed by atoms with Crippen LogP contribution in [0, 0.1) is 20.8 Å². The number of methoxy groups -OCH3 is 1. The number of amides is 1. The van der Waals surface area contributed by atoms with Crippen LogP contribution in [0.1, 0.15) is 65.3 Å². The zero-order valence-corrected chi connectivity index (χ0v) is 26.8. The van der Waals surface area contributed by atoms with Crippen molar-refractivity contribution in [2.75, 3.05) is 45.9 Å². The summed E-state index contributed by atoms with van der Waals surface area (Å²) in [5.41, 5.74) is 6.44. The molecule has 2 aromatic heterocycles. The lowest BCUT2D eigenvalue weighted by Crippen LogP contribution is -2.42. The fourth-order valence-electron chi connectivity index (χ4n) is 6.14. The van der Waals surface area contributed by atoms with Gasteiger partial charge in [0.15, 0.2) is 0 Å². The Morgan fingerprint density at radius 2 is 1.74 bits per heavy atom. The van der Waals surface area contributed by atoms with E-state index >= 15 is 0 Å². The van der Waals surface area contributed by atoms with E-state index in [2.05, 4.69) is 52.2 Å². The smallest absolute Gasteiger partial charge is 0.253 e. The monoisotopic (exact) mass is 589 g/mol. The highest BCUT2D eigenvalue weighted by atomic mass is 16.5. The number of nitrogens with one attached hydrogen (secondary N) is 2. The Morgan fingerprint density at radius 3 is 2.35 bits per heavy atom. The van der Waals surface area contributed by atoms with Crippen LogP contribution in [0.3, 0.4) is 0 Å².